The third kappa shape index (κ3) is 2.67. The molecule has 0 aromatic heterocycles. The minimum absolute atomic E-state index is 0.282. The van der Waals surface area contributed by atoms with Gasteiger partial charge in [-0.3, -0.25) is 4.90 Å². The van der Waals surface area contributed by atoms with Gasteiger partial charge in [0.15, 0.2) is 11.5 Å². The van der Waals surface area contributed by atoms with Gasteiger partial charge in [0.25, 0.3) is 0 Å². The summed E-state index contributed by atoms with van der Waals surface area (Å²) in [5.74, 6) is 1.52. The molecule has 116 valence electrons. The van der Waals surface area contributed by atoms with E-state index in [9.17, 15) is 0 Å². The summed E-state index contributed by atoms with van der Waals surface area (Å²) in [6.07, 6.45) is 0. The zero-order valence-electron chi connectivity index (χ0n) is 13.1. The topological polar surface area (TPSA) is 47.7 Å². The van der Waals surface area contributed by atoms with Crippen LogP contribution in [0.15, 0.2) is 42.5 Å². The van der Waals surface area contributed by atoms with E-state index in [0.29, 0.717) is 6.54 Å². The molecule has 1 aliphatic heterocycles. The largest absolute Gasteiger partial charge is 0.493 e. The van der Waals surface area contributed by atoms with E-state index in [-0.39, 0.29) is 6.04 Å². The Morgan fingerprint density at radius 2 is 1.86 bits per heavy atom. The molecule has 1 atom stereocenters. The average Bonchev–Trinajstić information content (AvgIpc) is 2.91. The van der Waals surface area contributed by atoms with Crippen molar-refractivity contribution in [2.24, 2.45) is 5.73 Å². The number of hydrogen-bond donors (Lipinski definition) is 1. The fraction of sp³-hybridized carbons (Fsp3) is 0.333. The molecule has 0 amide bonds. The zero-order valence-corrected chi connectivity index (χ0v) is 13.1. The summed E-state index contributed by atoms with van der Waals surface area (Å²) in [7, 11) is 3.31. The summed E-state index contributed by atoms with van der Waals surface area (Å²) in [5, 5.41) is 0. The Kier molecular flexibility index (Phi) is 4.32. The number of nitrogens with zero attached hydrogens (tertiary/aromatic N) is 1. The highest BCUT2D eigenvalue weighted by Gasteiger charge is 2.28. The molecule has 2 aromatic carbocycles. The summed E-state index contributed by atoms with van der Waals surface area (Å²) in [5.41, 5.74) is 9.93. The van der Waals surface area contributed by atoms with E-state index >= 15 is 0 Å². The Morgan fingerprint density at radius 1 is 1.09 bits per heavy atom. The summed E-state index contributed by atoms with van der Waals surface area (Å²) >= 11 is 0. The Labute approximate surface area is 131 Å². The maximum absolute atomic E-state index is 6.01. The quantitative estimate of drug-likeness (QED) is 0.922. The first-order valence-electron chi connectivity index (χ1n) is 7.49. The minimum Gasteiger partial charge on any atom is -0.493 e. The van der Waals surface area contributed by atoms with Gasteiger partial charge in [0.1, 0.15) is 0 Å². The smallest absolute Gasteiger partial charge is 0.161 e. The van der Waals surface area contributed by atoms with Crippen molar-refractivity contribution >= 4 is 0 Å². The first kappa shape index (κ1) is 14.9. The van der Waals surface area contributed by atoms with Crippen LogP contribution in [-0.4, -0.2) is 25.7 Å². The predicted molar refractivity (Wildman–Crippen MR) is 87.0 cm³/mol. The molecule has 4 heteroatoms. The zero-order chi connectivity index (χ0) is 15.5. The van der Waals surface area contributed by atoms with E-state index in [2.05, 4.69) is 35.2 Å². The van der Waals surface area contributed by atoms with Gasteiger partial charge in [0.2, 0.25) is 0 Å². The molecule has 0 spiro atoms. The highest BCUT2D eigenvalue weighted by atomic mass is 16.5. The first-order valence-corrected chi connectivity index (χ1v) is 7.49. The summed E-state index contributed by atoms with van der Waals surface area (Å²) < 4.78 is 10.7. The van der Waals surface area contributed by atoms with Crippen molar-refractivity contribution in [2.45, 2.75) is 19.1 Å². The number of ether oxygens (including phenoxy) is 2. The molecule has 0 aliphatic carbocycles. The molecule has 0 saturated heterocycles. The standard InChI is InChI=1S/C18H22N2O2/c1-21-17-8-7-13(9-18(17)22-2)11-20-12-14-5-3-4-6-15(14)16(20)10-19/h3-9,16H,10-12,19H2,1-2H3. The van der Waals surface area contributed by atoms with Gasteiger partial charge in [0.05, 0.1) is 14.2 Å². The van der Waals surface area contributed by atoms with Crippen LogP contribution in [0.1, 0.15) is 22.7 Å². The lowest BCUT2D eigenvalue weighted by atomic mass is 10.1. The number of benzene rings is 2. The fourth-order valence-electron chi connectivity index (χ4n) is 3.18. The highest BCUT2D eigenvalue weighted by molar-refractivity contribution is 5.43. The van der Waals surface area contributed by atoms with Gasteiger partial charge in [-0.15, -0.1) is 0 Å². The molecule has 2 aromatic rings. The number of hydrogen-bond acceptors (Lipinski definition) is 4. The van der Waals surface area contributed by atoms with Crippen LogP contribution in [0, 0.1) is 0 Å². The number of fused-ring (bicyclic) bond motifs is 1. The number of methoxy groups -OCH3 is 2. The van der Waals surface area contributed by atoms with Crippen molar-refractivity contribution < 1.29 is 9.47 Å². The molecular formula is C18H22N2O2. The molecule has 3 rings (SSSR count). The molecule has 2 N–H and O–H groups in total. The van der Waals surface area contributed by atoms with E-state index in [1.54, 1.807) is 14.2 Å². The van der Waals surface area contributed by atoms with Gasteiger partial charge in [-0.2, -0.15) is 0 Å². The molecule has 4 nitrogen and oxygen atoms in total. The van der Waals surface area contributed by atoms with Crippen LogP contribution in [-0.2, 0) is 13.1 Å². The van der Waals surface area contributed by atoms with Crippen LogP contribution in [0.25, 0.3) is 0 Å². The van der Waals surface area contributed by atoms with Crippen LogP contribution < -0.4 is 15.2 Å². The Morgan fingerprint density at radius 3 is 2.59 bits per heavy atom. The third-order valence-electron chi connectivity index (χ3n) is 4.29. The lowest BCUT2D eigenvalue weighted by Crippen LogP contribution is -2.27. The Hall–Kier alpha value is -2.04. The maximum atomic E-state index is 6.01. The van der Waals surface area contributed by atoms with Gasteiger partial charge < -0.3 is 15.2 Å². The van der Waals surface area contributed by atoms with Gasteiger partial charge in [-0.25, -0.2) is 0 Å². The van der Waals surface area contributed by atoms with E-state index in [1.807, 2.05) is 12.1 Å². The average molecular weight is 298 g/mol. The van der Waals surface area contributed by atoms with Crippen LogP contribution in [0.5, 0.6) is 11.5 Å². The van der Waals surface area contributed by atoms with Gasteiger partial charge in [-0.1, -0.05) is 30.3 Å². The SMILES string of the molecule is COc1ccc(CN2Cc3ccccc3C2CN)cc1OC. The molecule has 1 unspecified atom stereocenters. The molecular weight excluding hydrogens is 276 g/mol. The third-order valence-corrected chi connectivity index (χ3v) is 4.29. The summed E-state index contributed by atoms with van der Waals surface area (Å²) in [6.45, 7) is 2.41. The lowest BCUT2D eigenvalue weighted by Gasteiger charge is -2.24. The fourth-order valence-corrected chi connectivity index (χ4v) is 3.18. The van der Waals surface area contributed by atoms with Crippen molar-refractivity contribution in [1.29, 1.82) is 0 Å². The van der Waals surface area contributed by atoms with Gasteiger partial charge in [0, 0.05) is 25.7 Å². The van der Waals surface area contributed by atoms with Gasteiger partial charge >= 0.3 is 0 Å². The highest BCUT2D eigenvalue weighted by Crippen LogP contribution is 2.35. The first-order chi connectivity index (χ1) is 10.8. The molecule has 0 fully saturated rings. The minimum atomic E-state index is 0.282. The molecule has 22 heavy (non-hydrogen) atoms. The lowest BCUT2D eigenvalue weighted by molar-refractivity contribution is 0.210. The van der Waals surface area contributed by atoms with E-state index in [4.69, 9.17) is 15.2 Å². The molecule has 0 saturated carbocycles. The van der Waals surface area contributed by atoms with Crippen molar-refractivity contribution in [3.05, 3.63) is 59.2 Å². The van der Waals surface area contributed by atoms with Crippen LogP contribution >= 0.6 is 0 Å². The van der Waals surface area contributed by atoms with Crippen LogP contribution in [0.3, 0.4) is 0 Å². The maximum Gasteiger partial charge on any atom is 0.161 e. The molecule has 0 bridgehead atoms. The van der Waals surface area contributed by atoms with Crippen LogP contribution in [0.2, 0.25) is 0 Å². The van der Waals surface area contributed by atoms with Crippen LogP contribution in [0.4, 0.5) is 0 Å². The second kappa shape index (κ2) is 6.38. The molecule has 1 aliphatic rings. The normalized spacial score (nSPS) is 17.3. The molecule has 0 radical (unpaired) electrons. The van der Waals surface area contributed by atoms with Gasteiger partial charge in [-0.05, 0) is 28.8 Å². The van der Waals surface area contributed by atoms with Crippen molar-refractivity contribution in [1.82, 2.24) is 4.90 Å². The van der Waals surface area contributed by atoms with Crippen molar-refractivity contribution in [2.75, 3.05) is 20.8 Å². The number of nitrogens with two attached hydrogens (primary N) is 1. The molecule has 1 heterocycles. The second-order valence-electron chi connectivity index (χ2n) is 5.54. The van der Waals surface area contributed by atoms with E-state index in [1.165, 1.54) is 16.7 Å². The predicted octanol–water partition coefficient (Wildman–Crippen LogP) is 2.72. The van der Waals surface area contributed by atoms with Crippen molar-refractivity contribution in [3.8, 4) is 11.5 Å². The monoisotopic (exact) mass is 298 g/mol. The van der Waals surface area contributed by atoms with Crippen molar-refractivity contribution in [3.63, 3.8) is 0 Å². The number of rotatable bonds is 5. The summed E-state index contributed by atoms with van der Waals surface area (Å²) in [4.78, 5) is 2.41. The summed E-state index contributed by atoms with van der Waals surface area (Å²) in [6, 6.07) is 14.9. The Balaban J connectivity index is 1.82. The van der Waals surface area contributed by atoms with E-state index in [0.717, 1.165) is 24.6 Å². The second-order valence-corrected chi connectivity index (χ2v) is 5.54. The Bertz CT molecular complexity index is 657. The van der Waals surface area contributed by atoms with E-state index < -0.39 is 0 Å².